The molecule has 0 bridgehead atoms. The molecular formula is C11H13FN6. The van der Waals surface area contributed by atoms with Crippen LogP contribution in [-0.4, -0.2) is 46.2 Å². The van der Waals surface area contributed by atoms with Gasteiger partial charge in [0.25, 0.3) is 0 Å². The second-order valence-electron chi connectivity index (χ2n) is 4.06. The molecule has 1 aliphatic rings. The second-order valence-corrected chi connectivity index (χ2v) is 4.06. The van der Waals surface area contributed by atoms with Gasteiger partial charge in [0, 0.05) is 26.2 Å². The van der Waals surface area contributed by atoms with Crippen molar-refractivity contribution in [3.8, 4) is 5.82 Å². The molecule has 94 valence electrons. The molecule has 3 rings (SSSR count). The normalized spacial score (nSPS) is 15.9. The van der Waals surface area contributed by atoms with Gasteiger partial charge in [0.2, 0.25) is 5.95 Å². The van der Waals surface area contributed by atoms with Crippen molar-refractivity contribution in [1.29, 1.82) is 0 Å². The first kappa shape index (κ1) is 11.1. The fraction of sp³-hybridized carbons (Fsp3) is 0.364. The first-order chi connectivity index (χ1) is 8.84. The van der Waals surface area contributed by atoms with Crippen LogP contribution in [0.5, 0.6) is 0 Å². The van der Waals surface area contributed by atoms with E-state index in [1.54, 1.807) is 18.3 Å². The Hall–Kier alpha value is -2.02. The predicted molar refractivity (Wildman–Crippen MR) is 64.2 cm³/mol. The third kappa shape index (κ3) is 2.04. The maximum Gasteiger partial charge on any atom is 0.238 e. The SMILES string of the molecule is Fc1nc(-n2ccnn2)ccc1N1CCNCC1. The fourth-order valence-corrected chi connectivity index (χ4v) is 2.02. The van der Waals surface area contributed by atoms with E-state index in [0.29, 0.717) is 11.5 Å². The maximum atomic E-state index is 14.0. The molecule has 2 aromatic rings. The Morgan fingerprint density at radius 2 is 2.06 bits per heavy atom. The highest BCUT2D eigenvalue weighted by Gasteiger charge is 2.16. The summed E-state index contributed by atoms with van der Waals surface area (Å²) in [5, 5.41) is 10.7. The van der Waals surface area contributed by atoms with Crippen LogP contribution in [0.3, 0.4) is 0 Å². The molecule has 1 N–H and O–H groups in total. The Bertz CT molecular complexity index is 520. The fourth-order valence-electron chi connectivity index (χ4n) is 2.02. The number of piperazine rings is 1. The summed E-state index contributed by atoms with van der Waals surface area (Å²) in [5.41, 5.74) is 0.542. The lowest BCUT2D eigenvalue weighted by Gasteiger charge is -2.29. The Morgan fingerprint density at radius 1 is 1.22 bits per heavy atom. The largest absolute Gasteiger partial charge is 0.365 e. The van der Waals surface area contributed by atoms with Gasteiger partial charge in [-0.05, 0) is 12.1 Å². The van der Waals surface area contributed by atoms with E-state index in [2.05, 4.69) is 20.6 Å². The van der Waals surface area contributed by atoms with Crippen LogP contribution >= 0.6 is 0 Å². The summed E-state index contributed by atoms with van der Waals surface area (Å²) >= 11 is 0. The quantitative estimate of drug-likeness (QED) is 0.770. The number of nitrogens with one attached hydrogen (secondary N) is 1. The Morgan fingerprint density at radius 3 is 2.72 bits per heavy atom. The molecule has 0 aromatic carbocycles. The topological polar surface area (TPSA) is 58.9 Å². The molecule has 18 heavy (non-hydrogen) atoms. The first-order valence-corrected chi connectivity index (χ1v) is 5.83. The minimum absolute atomic E-state index is 0.434. The number of hydrogen-bond acceptors (Lipinski definition) is 5. The third-order valence-corrected chi connectivity index (χ3v) is 2.93. The van der Waals surface area contributed by atoms with E-state index < -0.39 is 5.95 Å². The van der Waals surface area contributed by atoms with Gasteiger partial charge in [0.05, 0.1) is 18.1 Å². The molecule has 0 atom stereocenters. The number of halogens is 1. The predicted octanol–water partition coefficient (Wildman–Crippen LogP) is 0.211. The lowest BCUT2D eigenvalue weighted by atomic mass is 10.3. The maximum absolute atomic E-state index is 14.0. The van der Waals surface area contributed by atoms with E-state index in [-0.39, 0.29) is 0 Å². The van der Waals surface area contributed by atoms with Gasteiger partial charge in [-0.1, -0.05) is 5.21 Å². The first-order valence-electron chi connectivity index (χ1n) is 5.83. The van der Waals surface area contributed by atoms with Crippen LogP contribution in [0, 0.1) is 5.95 Å². The molecule has 2 aromatic heterocycles. The summed E-state index contributed by atoms with van der Waals surface area (Å²) in [4.78, 5) is 5.91. The summed E-state index contributed by atoms with van der Waals surface area (Å²) in [5.74, 6) is -0.0335. The van der Waals surface area contributed by atoms with Crippen molar-refractivity contribution < 1.29 is 4.39 Å². The number of hydrogen-bond donors (Lipinski definition) is 1. The monoisotopic (exact) mass is 248 g/mol. The highest BCUT2D eigenvalue weighted by molar-refractivity contribution is 5.48. The van der Waals surface area contributed by atoms with Gasteiger partial charge in [0.15, 0.2) is 5.82 Å². The zero-order valence-corrected chi connectivity index (χ0v) is 9.75. The summed E-state index contributed by atoms with van der Waals surface area (Å²) in [6.07, 6.45) is 3.16. The van der Waals surface area contributed by atoms with Crippen molar-refractivity contribution in [2.24, 2.45) is 0 Å². The van der Waals surface area contributed by atoms with E-state index in [0.717, 1.165) is 26.2 Å². The minimum atomic E-state index is -0.468. The van der Waals surface area contributed by atoms with Gasteiger partial charge >= 0.3 is 0 Å². The molecule has 0 unspecified atom stereocenters. The van der Waals surface area contributed by atoms with Gasteiger partial charge in [-0.15, -0.1) is 5.10 Å². The van der Waals surface area contributed by atoms with Crippen LogP contribution in [0.2, 0.25) is 0 Å². The van der Waals surface area contributed by atoms with E-state index >= 15 is 0 Å². The Balaban J connectivity index is 1.89. The summed E-state index contributed by atoms with van der Waals surface area (Å²) < 4.78 is 15.4. The van der Waals surface area contributed by atoms with Crippen molar-refractivity contribution in [3.05, 3.63) is 30.5 Å². The molecule has 0 saturated carbocycles. The average Bonchev–Trinajstić information content (AvgIpc) is 2.93. The van der Waals surface area contributed by atoms with Gasteiger partial charge in [-0.25, -0.2) is 4.68 Å². The van der Waals surface area contributed by atoms with E-state index in [1.165, 1.54) is 10.9 Å². The third-order valence-electron chi connectivity index (χ3n) is 2.93. The zero-order chi connectivity index (χ0) is 12.4. The molecule has 0 amide bonds. The van der Waals surface area contributed by atoms with Crippen molar-refractivity contribution in [2.45, 2.75) is 0 Å². The Kier molecular flexibility index (Phi) is 2.89. The van der Waals surface area contributed by atoms with Gasteiger partial charge in [0.1, 0.15) is 0 Å². The van der Waals surface area contributed by atoms with Gasteiger partial charge in [-0.2, -0.15) is 9.37 Å². The second kappa shape index (κ2) is 4.69. The molecule has 0 aliphatic carbocycles. The smallest absolute Gasteiger partial charge is 0.238 e. The molecule has 0 radical (unpaired) electrons. The average molecular weight is 248 g/mol. The van der Waals surface area contributed by atoms with Crippen LogP contribution in [0.4, 0.5) is 10.1 Å². The molecule has 1 aliphatic heterocycles. The standard InChI is InChI=1S/C11H13FN6/c12-11-9(17-6-3-13-4-7-17)1-2-10(15-11)18-8-5-14-16-18/h1-2,5,8,13H,3-4,6-7H2. The molecule has 1 saturated heterocycles. The molecule has 0 spiro atoms. The summed E-state index contributed by atoms with van der Waals surface area (Å²) in [7, 11) is 0. The molecular weight excluding hydrogens is 235 g/mol. The summed E-state index contributed by atoms with van der Waals surface area (Å²) in [6, 6.07) is 3.49. The lowest BCUT2D eigenvalue weighted by molar-refractivity contribution is 0.544. The number of rotatable bonds is 2. The molecule has 3 heterocycles. The van der Waals surface area contributed by atoms with Crippen molar-refractivity contribution in [2.75, 3.05) is 31.1 Å². The van der Waals surface area contributed by atoms with E-state index in [9.17, 15) is 4.39 Å². The van der Waals surface area contributed by atoms with Crippen molar-refractivity contribution in [3.63, 3.8) is 0 Å². The molecule has 6 nitrogen and oxygen atoms in total. The number of pyridine rings is 1. The lowest BCUT2D eigenvalue weighted by Crippen LogP contribution is -2.44. The van der Waals surface area contributed by atoms with Gasteiger partial charge < -0.3 is 10.2 Å². The Labute approximate surface area is 103 Å². The molecule has 1 fully saturated rings. The molecule has 7 heteroatoms. The zero-order valence-electron chi connectivity index (χ0n) is 9.75. The number of anilines is 1. The minimum Gasteiger partial charge on any atom is -0.365 e. The van der Waals surface area contributed by atoms with Crippen molar-refractivity contribution in [1.82, 2.24) is 25.3 Å². The van der Waals surface area contributed by atoms with Crippen LogP contribution < -0.4 is 10.2 Å². The van der Waals surface area contributed by atoms with Gasteiger partial charge in [-0.3, -0.25) is 0 Å². The number of nitrogens with zero attached hydrogens (tertiary/aromatic N) is 5. The van der Waals surface area contributed by atoms with Crippen LogP contribution in [0.1, 0.15) is 0 Å². The highest BCUT2D eigenvalue weighted by atomic mass is 19.1. The van der Waals surface area contributed by atoms with E-state index in [4.69, 9.17) is 0 Å². The van der Waals surface area contributed by atoms with Crippen molar-refractivity contribution >= 4 is 5.69 Å². The number of aromatic nitrogens is 4. The van der Waals surface area contributed by atoms with Crippen LogP contribution in [-0.2, 0) is 0 Å². The summed E-state index contributed by atoms with van der Waals surface area (Å²) in [6.45, 7) is 3.32. The highest BCUT2D eigenvalue weighted by Crippen LogP contribution is 2.19. The van der Waals surface area contributed by atoms with Crippen LogP contribution in [0.15, 0.2) is 24.5 Å². The van der Waals surface area contributed by atoms with Crippen LogP contribution in [0.25, 0.3) is 5.82 Å². The van der Waals surface area contributed by atoms with E-state index in [1.807, 2.05) is 4.90 Å².